The van der Waals surface area contributed by atoms with Crippen molar-refractivity contribution in [2.75, 3.05) is 13.2 Å². The molecule has 25 heavy (non-hydrogen) atoms. The number of rotatable bonds is 15. The zero-order chi connectivity index (χ0) is 18.6. The maximum absolute atomic E-state index is 10.7. The Labute approximate surface area is 155 Å². The minimum Gasteiger partial charge on any atom is -0.393 e. The first-order chi connectivity index (χ1) is 11.9. The lowest BCUT2D eigenvalue weighted by Gasteiger charge is -2.31. The van der Waals surface area contributed by atoms with E-state index in [0.29, 0.717) is 13.0 Å². The summed E-state index contributed by atoms with van der Waals surface area (Å²) in [5.41, 5.74) is -1.17. The van der Waals surface area contributed by atoms with Crippen LogP contribution in [0.25, 0.3) is 0 Å². The van der Waals surface area contributed by atoms with Crippen molar-refractivity contribution in [3.05, 3.63) is 0 Å². The SMILES string of the molecule is CCCCCCCCCCCCCC[C@@](O)(CO)[C@@H]1COC(C)(C)O1. The number of unbranched alkanes of at least 4 members (excludes halogenated alkanes) is 11. The Bertz CT molecular complexity index is 332. The van der Waals surface area contributed by atoms with Gasteiger partial charge in [-0.2, -0.15) is 0 Å². The molecule has 1 rings (SSSR count). The average Bonchev–Trinajstić information content (AvgIpc) is 2.96. The molecule has 0 amide bonds. The molecule has 1 aliphatic heterocycles. The number of hydrogen-bond acceptors (Lipinski definition) is 4. The highest BCUT2D eigenvalue weighted by Crippen LogP contribution is 2.32. The van der Waals surface area contributed by atoms with Crippen LogP contribution in [0, 0.1) is 0 Å². The fourth-order valence-electron chi connectivity index (χ4n) is 3.57. The molecule has 0 aliphatic carbocycles. The minimum atomic E-state index is -1.17. The smallest absolute Gasteiger partial charge is 0.163 e. The molecule has 0 aromatic rings. The van der Waals surface area contributed by atoms with Crippen molar-refractivity contribution in [2.24, 2.45) is 0 Å². The molecule has 1 aliphatic rings. The van der Waals surface area contributed by atoms with Crippen molar-refractivity contribution < 1.29 is 19.7 Å². The Morgan fingerprint density at radius 2 is 1.36 bits per heavy atom. The molecule has 0 aromatic heterocycles. The van der Waals surface area contributed by atoms with Gasteiger partial charge in [-0.05, 0) is 20.3 Å². The normalized spacial score (nSPS) is 22.2. The second-order valence-corrected chi connectivity index (χ2v) is 8.22. The van der Waals surface area contributed by atoms with Crippen LogP contribution in [0.5, 0.6) is 0 Å². The molecule has 2 atom stereocenters. The summed E-state index contributed by atoms with van der Waals surface area (Å²) in [6.45, 7) is 6.03. The molecular formula is C21H42O4. The van der Waals surface area contributed by atoms with Gasteiger partial charge in [-0.1, -0.05) is 84.0 Å². The van der Waals surface area contributed by atoms with Crippen molar-refractivity contribution in [3.63, 3.8) is 0 Å². The first kappa shape index (κ1) is 22.9. The highest BCUT2D eigenvalue weighted by molar-refractivity contribution is 4.91. The zero-order valence-electron chi connectivity index (χ0n) is 16.9. The van der Waals surface area contributed by atoms with Gasteiger partial charge in [0.25, 0.3) is 0 Å². The van der Waals surface area contributed by atoms with Crippen LogP contribution >= 0.6 is 0 Å². The lowest BCUT2D eigenvalue weighted by atomic mass is 9.91. The second-order valence-electron chi connectivity index (χ2n) is 8.22. The van der Waals surface area contributed by atoms with E-state index in [1.807, 2.05) is 13.8 Å². The first-order valence-electron chi connectivity index (χ1n) is 10.6. The molecule has 0 radical (unpaired) electrons. The maximum Gasteiger partial charge on any atom is 0.163 e. The van der Waals surface area contributed by atoms with Crippen molar-refractivity contribution in [1.82, 2.24) is 0 Å². The minimum absolute atomic E-state index is 0.269. The molecule has 0 bridgehead atoms. The summed E-state index contributed by atoms with van der Waals surface area (Å²) in [5.74, 6) is -0.662. The molecule has 1 saturated heterocycles. The fourth-order valence-corrected chi connectivity index (χ4v) is 3.57. The summed E-state index contributed by atoms with van der Waals surface area (Å²) < 4.78 is 11.3. The third-order valence-corrected chi connectivity index (χ3v) is 5.34. The summed E-state index contributed by atoms with van der Waals surface area (Å²) >= 11 is 0. The molecule has 0 saturated carbocycles. The Kier molecular flexibility index (Phi) is 11.2. The van der Waals surface area contributed by atoms with Gasteiger partial charge >= 0.3 is 0 Å². The average molecular weight is 359 g/mol. The van der Waals surface area contributed by atoms with Crippen molar-refractivity contribution >= 4 is 0 Å². The van der Waals surface area contributed by atoms with Crippen LogP contribution < -0.4 is 0 Å². The van der Waals surface area contributed by atoms with E-state index in [9.17, 15) is 10.2 Å². The zero-order valence-corrected chi connectivity index (χ0v) is 16.9. The number of ether oxygens (including phenoxy) is 2. The third kappa shape index (κ3) is 9.37. The lowest BCUT2D eigenvalue weighted by molar-refractivity contribution is -0.179. The van der Waals surface area contributed by atoms with Gasteiger partial charge in [0.2, 0.25) is 0 Å². The summed E-state index contributed by atoms with van der Waals surface area (Å²) in [7, 11) is 0. The molecule has 1 fully saturated rings. The molecule has 1 heterocycles. The Hall–Kier alpha value is -0.160. The lowest BCUT2D eigenvalue weighted by Crippen LogP contribution is -2.47. The van der Waals surface area contributed by atoms with Gasteiger partial charge in [-0.25, -0.2) is 0 Å². The van der Waals surface area contributed by atoms with Gasteiger partial charge in [0.1, 0.15) is 11.7 Å². The van der Waals surface area contributed by atoms with Gasteiger partial charge in [0.15, 0.2) is 5.79 Å². The maximum atomic E-state index is 10.7. The van der Waals surface area contributed by atoms with Crippen molar-refractivity contribution in [2.45, 2.75) is 122 Å². The molecule has 4 heteroatoms. The summed E-state index contributed by atoms with van der Waals surface area (Å²) in [4.78, 5) is 0. The van der Waals surface area contributed by atoms with Crippen LogP contribution in [0.15, 0.2) is 0 Å². The standard InChI is InChI=1S/C21H42O4/c1-4-5-6-7-8-9-10-11-12-13-14-15-16-21(23,18-22)19-17-24-20(2,3)25-19/h19,22-23H,4-18H2,1-3H3/t19-,21+/m0/s1. The van der Waals surface area contributed by atoms with Crippen LogP contribution in [-0.4, -0.2) is 40.9 Å². The van der Waals surface area contributed by atoms with Gasteiger partial charge < -0.3 is 19.7 Å². The van der Waals surface area contributed by atoms with Crippen LogP contribution in [0.2, 0.25) is 0 Å². The number of aliphatic hydroxyl groups excluding tert-OH is 1. The Morgan fingerprint density at radius 3 is 1.76 bits per heavy atom. The predicted molar refractivity (Wildman–Crippen MR) is 103 cm³/mol. The third-order valence-electron chi connectivity index (χ3n) is 5.34. The van der Waals surface area contributed by atoms with Gasteiger partial charge in [-0.3, -0.25) is 0 Å². The molecular weight excluding hydrogens is 316 g/mol. The first-order valence-corrected chi connectivity index (χ1v) is 10.6. The van der Waals surface area contributed by atoms with E-state index in [4.69, 9.17) is 9.47 Å². The monoisotopic (exact) mass is 358 g/mol. The van der Waals surface area contributed by atoms with E-state index in [1.54, 1.807) is 0 Å². The van der Waals surface area contributed by atoms with Crippen LogP contribution in [0.1, 0.15) is 104 Å². The molecule has 0 unspecified atom stereocenters. The van der Waals surface area contributed by atoms with Crippen LogP contribution in [0.4, 0.5) is 0 Å². The van der Waals surface area contributed by atoms with E-state index in [-0.39, 0.29) is 6.61 Å². The fraction of sp³-hybridized carbons (Fsp3) is 1.00. The summed E-state index contributed by atoms with van der Waals surface area (Å²) in [6.07, 6.45) is 15.6. The highest BCUT2D eigenvalue weighted by Gasteiger charge is 2.45. The largest absolute Gasteiger partial charge is 0.393 e. The van der Waals surface area contributed by atoms with E-state index < -0.39 is 17.5 Å². The highest BCUT2D eigenvalue weighted by atomic mass is 16.7. The van der Waals surface area contributed by atoms with Crippen LogP contribution in [0.3, 0.4) is 0 Å². The van der Waals surface area contributed by atoms with E-state index in [2.05, 4.69) is 6.92 Å². The summed E-state index contributed by atoms with van der Waals surface area (Å²) in [5, 5.41) is 20.3. The molecule has 0 aromatic carbocycles. The molecule has 4 nitrogen and oxygen atoms in total. The van der Waals surface area contributed by atoms with E-state index in [0.717, 1.165) is 12.8 Å². The number of hydrogen-bond donors (Lipinski definition) is 2. The van der Waals surface area contributed by atoms with Crippen LogP contribution in [-0.2, 0) is 9.47 Å². The van der Waals surface area contributed by atoms with E-state index >= 15 is 0 Å². The second kappa shape index (κ2) is 12.3. The molecule has 150 valence electrons. The van der Waals surface area contributed by atoms with Crippen molar-refractivity contribution in [1.29, 1.82) is 0 Å². The summed E-state index contributed by atoms with van der Waals surface area (Å²) in [6, 6.07) is 0. The quantitative estimate of drug-likeness (QED) is 0.407. The van der Waals surface area contributed by atoms with Gasteiger partial charge in [-0.15, -0.1) is 0 Å². The Morgan fingerprint density at radius 1 is 0.880 bits per heavy atom. The topological polar surface area (TPSA) is 58.9 Å². The molecule has 2 N–H and O–H groups in total. The molecule has 0 spiro atoms. The van der Waals surface area contributed by atoms with E-state index in [1.165, 1.54) is 64.2 Å². The van der Waals surface area contributed by atoms with Gasteiger partial charge in [0, 0.05) is 0 Å². The number of aliphatic hydroxyl groups is 2. The Balaban J connectivity index is 2.01. The van der Waals surface area contributed by atoms with Gasteiger partial charge in [0.05, 0.1) is 13.2 Å². The van der Waals surface area contributed by atoms with Crippen molar-refractivity contribution in [3.8, 4) is 0 Å². The predicted octanol–water partition coefficient (Wildman–Crippen LogP) is 4.95.